The van der Waals surface area contributed by atoms with Crippen LogP contribution in [-0.2, 0) is 0 Å². The van der Waals surface area contributed by atoms with Crippen molar-refractivity contribution in [3.63, 3.8) is 0 Å². The zero-order chi connectivity index (χ0) is 18.8. The highest BCUT2D eigenvalue weighted by Gasteiger charge is 2.19. The van der Waals surface area contributed by atoms with E-state index in [-0.39, 0.29) is 0 Å². The maximum Gasteiger partial charge on any atom is 0.167 e. The second-order valence-electron chi connectivity index (χ2n) is 6.12. The summed E-state index contributed by atoms with van der Waals surface area (Å²) in [7, 11) is 3.27. The molecule has 0 N–H and O–H groups in total. The number of nitrogens with zero attached hydrogens (tertiary/aromatic N) is 1. The lowest BCUT2D eigenvalue weighted by Crippen LogP contribution is -1.97. The molecule has 0 spiro atoms. The maximum absolute atomic E-state index is 5.61. The van der Waals surface area contributed by atoms with E-state index in [4.69, 9.17) is 14.0 Å². The summed E-state index contributed by atoms with van der Waals surface area (Å²) in [6, 6.07) is 21.6. The highest BCUT2D eigenvalue weighted by molar-refractivity contribution is 5.95. The molecular weight excluding hydrogens is 338 g/mol. The molecule has 134 valence electrons. The van der Waals surface area contributed by atoms with E-state index in [2.05, 4.69) is 11.7 Å². The lowest BCUT2D eigenvalue weighted by Gasteiger charge is -2.16. The van der Waals surface area contributed by atoms with E-state index in [1.165, 1.54) is 0 Å². The molecule has 4 rings (SSSR count). The summed E-state index contributed by atoms with van der Waals surface area (Å²) < 4.78 is 16.7. The Morgan fingerprint density at radius 3 is 2.33 bits per heavy atom. The average Bonchev–Trinajstić information content (AvgIpc) is 3.17. The van der Waals surface area contributed by atoms with Gasteiger partial charge >= 0.3 is 0 Å². The molecule has 3 aromatic carbocycles. The van der Waals surface area contributed by atoms with Gasteiger partial charge in [0.25, 0.3) is 0 Å². The maximum atomic E-state index is 5.61. The molecule has 0 atom stereocenters. The van der Waals surface area contributed by atoms with E-state index >= 15 is 0 Å². The van der Waals surface area contributed by atoms with Gasteiger partial charge in [0.2, 0.25) is 0 Å². The molecule has 0 saturated heterocycles. The molecule has 0 fully saturated rings. The number of hydrogen-bond donors (Lipinski definition) is 0. The van der Waals surface area contributed by atoms with Gasteiger partial charge in [-0.1, -0.05) is 54.2 Å². The first kappa shape index (κ1) is 16.9. The van der Waals surface area contributed by atoms with E-state index in [0.717, 1.165) is 38.9 Å². The molecule has 4 nitrogen and oxygen atoms in total. The van der Waals surface area contributed by atoms with Crippen LogP contribution in [0.2, 0.25) is 0 Å². The molecule has 0 unspecified atom stereocenters. The normalized spacial score (nSPS) is 10.7. The molecule has 4 aromatic rings. The van der Waals surface area contributed by atoms with Crippen molar-refractivity contribution in [2.45, 2.75) is 0 Å². The first-order valence-corrected chi connectivity index (χ1v) is 8.58. The van der Waals surface area contributed by atoms with Crippen LogP contribution in [0.1, 0.15) is 11.1 Å². The van der Waals surface area contributed by atoms with Gasteiger partial charge in [0.05, 0.1) is 14.2 Å². The predicted molar refractivity (Wildman–Crippen MR) is 107 cm³/mol. The average molecular weight is 357 g/mol. The largest absolute Gasteiger partial charge is 0.496 e. The highest BCUT2D eigenvalue weighted by atomic mass is 16.5. The Kier molecular flexibility index (Phi) is 4.38. The minimum absolute atomic E-state index is 0.663. The van der Waals surface area contributed by atoms with Gasteiger partial charge < -0.3 is 14.0 Å². The summed E-state index contributed by atoms with van der Waals surface area (Å²) in [6.07, 6.45) is 0. The van der Waals surface area contributed by atoms with Crippen LogP contribution < -0.4 is 9.47 Å². The van der Waals surface area contributed by atoms with E-state index in [1.807, 2.05) is 66.7 Å². The van der Waals surface area contributed by atoms with E-state index < -0.39 is 0 Å². The molecule has 0 saturated carbocycles. The van der Waals surface area contributed by atoms with Gasteiger partial charge in [-0.25, -0.2) is 0 Å². The van der Waals surface area contributed by atoms with Gasteiger partial charge in [-0.3, -0.25) is 0 Å². The van der Waals surface area contributed by atoms with Crippen LogP contribution in [0.15, 0.2) is 77.8 Å². The second-order valence-corrected chi connectivity index (χ2v) is 6.12. The van der Waals surface area contributed by atoms with E-state index in [0.29, 0.717) is 11.5 Å². The Morgan fingerprint density at radius 1 is 0.889 bits per heavy atom. The number of fused-ring (bicyclic) bond motifs is 1. The number of methoxy groups -OCH3 is 2. The number of para-hydroxylation sites is 1. The molecule has 1 aromatic heterocycles. The summed E-state index contributed by atoms with van der Waals surface area (Å²) in [5, 5.41) is 5.21. The molecule has 0 amide bonds. The summed E-state index contributed by atoms with van der Waals surface area (Å²) in [5.41, 5.74) is 5.06. The molecule has 27 heavy (non-hydrogen) atoms. The van der Waals surface area contributed by atoms with Crippen LogP contribution in [0.4, 0.5) is 0 Å². The highest BCUT2D eigenvalue weighted by Crippen LogP contribution is 2.41. The van der Waals surface area contributed by atoms with Crippen molar-refractivity contribution >= 4 is 16.5 Å². The SMILES string of the molecule is C=C(c1ccccc1)c1cc(-c2noc3ccccc23)c(OC)cc1OC. The van der Waals surface area contributed by atoms with Crippen LogP contribution in [0.5, 0.6) is 11.5 Å². The van der Waals surface area contributed by atoms with Crippen LogP contribution in [-0.4, -0.2) is 19.4 Å². The van der Waals surface area contributed by atoms with Crippen molar-refractivity contribution < 1.29 is 14.0 Å². The van der Waals surface area contributed by atoms with E-state index in [9.17, 15) is 0 Å². The lowest BCUT2D eigenvalue weighted by atomic mass is 9.95. The Labute approximate surface area is 157 Å². The summed E-state index contributed by atoms with van der Waals surface area (Å²) in [6.45, 7) is 4.28. The fraction of sp³-hybridized carbons (Fsp3) is 0.0870. The fourth-order valence-electron chi connectivity index (χ4n) is 3.19. The van der Waals surface area contributed by atoms with Crippen molar-refractivity contribution in [2.75, 3.05) is 14.2 Å². The van der Waals surface area contributed by atoms with Gasteiger partial charge in [0.15, 0.2) is 5.58 Å². The molecule has 4 heteroatoms. The van der Waals surface area contributed by atoms with Gasteiger partial charge in [0.1, 0.15) is 17.2 Å². The Balaban J connectivity index is 1.93. The monoisotopic (exact) mass is 357 g/mol. The predicted octanol–water partition coefficient (Wildman–Crippen LogP) is 5.57. The molecule has 0 aliphatic carbocycles. The number of aromatic nitrogens is 1. The minimum atomic E-state index is 0.663. The van der Waals surface area contributed by atoms with Crippen molar-refractivity contribution in [3.05, 3.63) is 84.4 Å². The van der Waals surface area contributed by atoms with Crippen molar-refractivity contribution in [1.29, 1.82) is 0 Å². The lowest BCUT2D eigenvalue weighted by molar-refractivity contribution is 0.394. The van der Waals surface area contributed by atoms with Crippen molar-refractivity contribution in [2.24, 2.45) is 0 Å². The summed E-state index contributed by atoms with van der Waals surface area (Å²) >= 11 is 0. The van der Waals surface area contributed by atoms with Crippen LogP contribution in [0.25, 0.3) is 27.8 Å². The standard InChI is InChI=1S/C23H19NO3/c1-15(16-9-5-4-6-10-16)18-13-19(22(26-3)14-21(18)25-2)23-17-11-7-8-12-20(17)27-24-23/h4-14H,1H2,2-3H3. The smallest absolute Gasteiger partial charge is 0.167 e. The third-order valence-electron chi connectivity index (χ3n) is 4.60. The second kappa shape index (κ2) is 7.00. The van der Waals surface area contributed by atoms with Gasteiger partial charge in [-0.05, 0) is 29.3 Å². The van der Waals surface area contributed by atoms with E-state index in [1.54, 1.807) is 14.2 Å². The molecule has 1 heterocycles. The first-order valence-electron chi connectivity index (χ1n) is 8.58. The van der Waals surface area contributed by atoms with Gasteiger partial charge in [0, 0.05) is 22.6 Å². The third-order valence-corrected chi connectivity index (χ3v) is 4.60. The zero-order valence-corrected chi connectivity index (χ0v) is 15.2. The third kappa shape index (κ3) is 2.95. The Morgan fingerprint density at radius 2 is 1.59 bits per heavy atom. The first-order chi connectivity index (χ1) is 13.2. The van der Waals surface area contributed by atoms with Crippen LogP contribution in [0.3, 0.4) is 0 Å². The summed E-state index contributed by atoms with van der Waals surface area (Å²) in [5.74, 6) is 1.35. The number of rotatable bonds is 5. The topological polar surface area (TPSA) is 44.5 Å². The minimum Gasteiger partial charge on any atom is -0.496 e. The van der Waals surface area contributed by atoms with Gasteiger partial charge in [-0.15, -0.1) is 0 Å². The summed E-state index contributed by atoms with van der Waals surface area (Å²) in [4.78, 5) is 0. The Hall–Kier alpha value is -3.53. The molecular formula is C23H19NO3. The quantitative estimate of drug-likeness (QED) is 0.468. The Bertz CT molecular complexity index is 1110. The fourth-order valence-corrected chi connectivity index (χ4v) is 3.19. The molecule has 0 bridgehead atoms. The molecule has 0 radical (unpaired) electrons. The number of hydrogen-bond acceptors (Lipinski definition) is 4. The number of ether oxygens (including phenoxy) is 2. The van der Waals surface area contributed by atoms with Crippen LogP contribution >= 0.6 is 0 Å². The number of benzene rings is 3. The van der Waals surface area contributed by atoms with Crippen molar-refractivity contribution in [3.8, 4) is 22.8 Å². The zero-order valence-electron chi connectivity index (χ0n) is 15.2. The molecule has 0 aliphatic rings. The van der Waals surface area contributed by atoms with Crippen molar-refractivity contribution in [1.82, 2.24) is 5.16 Å². The van der Waals surface area contributed by atoms with Gasteiger partial charge in [-0.2, -0.15) is 0 Å². The van der Waals surface area contributed by atoms with Crippen LogP contribution in [0, 0.1) is 0 Å². The molecule has 0 aliphatic heterocycles.